The van der Waals surface area contributed by atoms with E-state index in [2.05, 4.69) is 11.8 Å². The summed E-state index contributed by atoms with van der Waals surface area (Å²) in [6.07, 6.45) is 0. The number of aliphatic hydroxyl groups is 1. The molecule has 0 fully saturated rings. The van der Waals surface area contributed by atoms with E-state index in [1.807, 2.05) is 7.05 Å². The van der Waals surface area contributed by atoms with Gasteiger partial charge in [0.15, 0.2) is 0 Å². The van der Waals surface area contributed by atoms with Crippen molar-refractivity contribution in [3.63, 3.8) is 0 Å². The fraction of sp³-hybridized carbons (Fsp3) is 1.00. The van der Waals surface area contributed by atoms with Crippen LogP contribution < -0.4 is 0 Å². The highest BCUT2D eigenvalue weighted by Crippen LogP contribution is 2.04. The molecule has 1 unspecified atom stereocenters. The van der Waals surface area contributed by atoms with Crippen LogP contribution in [0, 0.1) is 0 Å². The molecule has 0 aliphatic heterocycles. The van der Waals surface area contributed by atoms with Crippen LogP contribution in [0.4, 0.5) is 0 Å². The van der Waals surface area contributed by atoms with E-state index in [0.29, 0.717) is 13.2 Å². The van der Waals surface area contributed by atoms with Crippen molar-refractivity contribution in [2.45, 2.75) is 19.4 Å². The van der Waals surface area contributed by atoms with E-state index in [-0.39, 0.29) is 0 Å². The Bertz CT molecular complexity index is 104. The molecule has 0 aromatic heterocycles. The number of methoxy groups -OCH3 is 1. The number of nitrogens with zero attached hydrogens (tertiary/aromatic N) is 1. The molecule has 3 heteroatoms. The zero-order valence-corrected chi connectivity index (χ0v) is 7.92. The molecule has 1 N–H and O–H groups in total. The van der Waals surface area contributed by atoms with E-state index in [4.69, 9.17) is 4.74 Å². The molecule has 0 rings (SSSR count). The van der Waals surface area contributed by atoms with Crippen molar-refractivity contribution >= 4 is 0 Å². The Morgan fingerprint density at radius 1 is 1.55 bits per heavy atom. The molecule has 0 aromatic carbocycles. The van der Waals surface area contributed by atoms with E-state index in [0.717, 1.165) is 6.54 Å². The monoisotopic (exact) mass is 161 g/mol. The second-order valence-electron chi connectivity index (χ2n) is 3.26. The first kappa shape index (κ1) is 10.9. The lowest BCUT2D eigenvalue weighted by Gasteiger charge is -2.27. The van der Waals surface area contributed by atoms with Crippen molar-refractivity contribution in [2.75, 3.05) is 33.9 Å². The van der Waals surface area contributed by atoms with Gasteiger partial charge in [0, 0.05) is 13.7 Å². The Kier molecular flexibility index (Phi) is 4.65. The summed E-state index contributed by atoms with van der Waals surface area (Å²) in [6, 6.07) is 0. The third-order valence-corrected chi connectivity index (χ3v) is 1.61. The molecular formula is C8H19NO2. The van der Waals surface area contributed by atoms with Gasteiger partial charge in [0.2, 0.25) is 0 Å². The summed E-state index contributed by atoms with van der Waals surface area (Å²) in [5, 5.41) is 9.65. The van der Waals surface area contributed by atoms with Crippen molar-refractivity contribution in [1.82, 2.24) is 4.90 Å². The average molecular weight is 161 g/mol. The van der Waals surface area contributed by atoms with E-state index in [1.54, 1.807) is 14.0 Å². The molecule has 68 valence electrons. The summed E-state index contributed by atoms with van der Waals surface area (Å²) >= 11 is 0. The van der Waals surface area contributed by atoms with Crippen molar-refractivity contribution in [3.8, 4) is 0 Å². The molecule has 0 aliphatic rings. The summed E-state index contributed by atoms with van der Waals surface area (Å²) < 4.78 is 4.88. The minimum Gasteiger partial charge on any atom is -0.386 e. The Morgan fingerprint density at radius 3 is 2.45 bits per heavy atom. The van der Waals surface area contributed by atoms with Crippen LogP contribution in [-0.4, -0.2) is 49.5 Å². The van der Waals surface area contributed by atoms with Crippen molar-refractivity contribution < 1.29 is 9.84 Å². The second-order valence-corrected chi connectivity index (χ2v) is 3.26. The molecule has 0 aromatic rings. The van der Waals surface area contributed by atoms with Crippen LogP contribution in [0.5, 0.6) is 0 Å². The topological polar surface area (TPSA) is 32.7 Å². The first-order chi connectivity index (χ1) is 5.02. The Balaban J connectivity index is 3.70. The number of ether oxygens (including phenoxy) is 1. The maximum absolute atomic E-state index is 9.65. The van der Waals surface area contributed by atoms with Gasteiger partial charge in [-0.05, 0) is 20.5 Å². The molecule has 0 saturated carbocycles. The molecule has 0 amide bonds. The smallest absolute Gasteiger partial charge is 0.0977 e. The largest absolute Gasteiger partial charge is 0.386 e. The lowest BCUT2D eigenvalue weighted by atomic mass is 10.1. The van der Waals surface area contributed by atoms with Gasteiger partial charge in [0.1, 0.15) is 0 Å². The number of hydrogen-bond acceptors (Lipinski definition) is 3. The quantitative estimate of drug-likeness (QED) is 0.631. The number of hydrogen-bond donors (Lipinski definition) is 1. The molecule has 0 radical (unpaired) electrons. The lowest BCUT2D eigenvalue weighted by Crippen LogP contribution is -2.42. The number of rotatable bonds is 5. The van der Waals surface area contributed by atoms with E-state index < -0.39 is 5.60 Å². The van der Waals surface area contributed by atoms with E-state index >= 15 is 0 Å². The molecule has 0 saturated heterocycles. The highest BCUT2D eigenvalue weighted by atomic mass is 16.5. The van der Waals surface area contributed by atoms with Crippen LogP contribution in [0.3, 0.4) is 0 Å². The Morgan fingerprint density at radius 2 is 2.09 bits per heavy atom. The van der Waals surface area contributed by atoms with Gasteiger partial charge < -0.3 is 14.7 Å². The maximum Gasteiger partial charge on any atom is 0.0977 e. The Labute approximate surface area is 69.0 Å². The molecule has 0 bridgehead atoms. The van der Waals surface area contributed by atoms with Crippen LogP contribution in [0.25, 0.3) is 0 Å². The molecular weight excluding hydrogens is 142 g/mol. The third-order valence-electron chi connectivity index (χ3n) is 1.61. The first-order valence-corrected chi connectivity index (χ1v) is 3.91. The summed E-state index contributed by atoms with van der Waals surface area (Å²) in [4.78, 5) is 2.05. The minimum absolute atomic E-state index is 0.386. The van der Waals surface area contributed by atoms with Crippen molar-refractivity contribution in [1.29, 1.82) is 0 Å². The second kappa shape index (κ2) is 4.70. The standard InChI is InChI=1S/C8H19NO2/c1-5-9(3)6-8(2,10)7-11-4/h10H,5-7H2,1-4H3. The molecule has 0 aliphatic carbocycles. The predicted octanol–water partition coefficient (Wildman–Crippen LogP) is 0.335. The van der Waals surface area contributed by atoms with Gasteiger partial charge >= 0.3 is 0 Å². The molecule has 3 nitrogen and oxygen atoms in total. The van der Waals surface area contributed by atoms with Gasteiger partial charge in [-0.3, -0.25) is 0 Å². The summed E-state index contributed by atoms with van der Waals surface area (Å²) in [5.74, 6) is 0. The molecule has 0 heterocycles. The third kappa shape index (κ3) is 5.18. The summed E-state index contributed by atoms with van der Waals surface area (Å²) in [6.45, 7) is 5.82. The van der Waals surface area contributed by atoms with Crippen molar-refractivity contribution in [2.24, 2.45) is 0 Å². The first-order valence-electron chi connectivity index (χ1n) is 3.91. The fourth-order valence-electron chi connectivity index (χ4n) is 1.05. The van der Waals surface area contributed by atoms with Crippen LogP contribution in [-0.2, 0) is 4.74 Å². The minimum atomic E-state index is -0.723. The van der Waals surface area contributed by atoms with Crippen LogP contribution >= 0.6 is 0 Å². The van der Waals surface area contributed by atoms with Gasteiger partial charge in [0.05, 0.1) is 12.2 Å². The van der Waals surface area contributed by atoms with Gasteiger partial charge in [-0.15, -0.1) is 0 Å². The average Bonchev–Trinajstić information content (AvgIpc) is 1.86. The highest BCUT2D eigenvalue weighted by Gasteiger charge is 2.21. The van der Waals surface area contributed by atoms with E-state index in [9.17, 15) is 5.11 Å². The van der Waals surface area contributed by atoms with Gasteiger partial charge in [-0.1, -0.05) is 6.92 Å². The summed E-state index contributed by atoms with van der Waals surface area (Å²) in [7, 11) is 3.57. The predicted molar refractivity (Wildman–Crippen MR) is 45.7 cm³/mol. The molecule has 0 spiro atoms. The molecule has 11 heavy (non-hydrogen) atoms. The summed E-state index contributed by atoms with van der Waals surface area (Å²) in [5.41, 5.74) is -0.723. The van der Waals surface area contributed by atoms with Crippen LogP contribution in [0.2, 0.25) is 0 Å². The van der Waals surface area contributed by atoms with E-state index in [1.165, 1.54) is 0 Å². The van der Waals surface area contributed by atoms with Gasteiger partial charge in [-0.2, -0.15) is 0 Å². The van der Waals surface area contributed by atoms with Crippen LogP contribution in [0.15, 0.2) is 0 Å². The van der Waals surface area contributed by atoms with Gasteiger partial charge in [0.25, 0.3) is 0 Å². The zero-order chi connectivity index (χ0) is 8.91. The maximum atomic E-state index is 9.65. The van der Waals surface area contributed by atoms with Gasteiger partial charge in [-0.25, -0.2) is 0 Å². The highest BCUT2D eigenvalue weighted by molar-refractivity contribution is 4.74. The fourth-order valence-corrected chi connectivity index (χ4v) is 1.05. The SMILES string of the molecule is CCN(C)CC(C)(O)COC. The van der Waals surface area contributed by atoms with Crippen LogP contribution in [0.1, 0.15) is 13.8 Å². The number of likely N-dealkylation sites (N-methyl/N-ethyl adjacent to an activating group) is 1. The normalized spacial score (nSPS) is 16.9. The van der Waals surface area contributed by atoms with Crippen molar-refractivity contribution in [3.05, 3.63) is 0 Å². The Hall–Kier alpha value is -0.120. The molecule has 1 atom stereocenters. The lowest BCUT2D eigenvalue weighted by molar-refractivity contribution is -0.0347. The zero-order valence-electron chi connectivity index (χ0n) is 7.92.